The van der Waals surface area contributed by atoms with Crippen molar-refractivity contribution >= 4 is 12.0 Å². The zero-order valence-electron chi connectivity index (χ0n) is 17.0. The van der Waals surface area contributed by atoms with Crippen LogP contribution in [0.3, 0.4) is 0 Å². The van der Waals surface area contributed by atoms with Gasteiger partial charge in [-0.25, -0.2) is 4.98 Å². The molecular weight excluding hydrogens is 405 g/mol. The van der Waals surface area contributed by atoms with Crippen LogP contribution in [-0.4, -0.2) is 15.9 Å². The Morgan fingerprint density at radius 2 is 1.90 bits per heavy atom. The predicted octanol–water partition coefficient (Wildman–Crippen LogP) is 4.40. The van der Waals surface area contributed by atoms with E-state index in [9.17, 15) is 18.0 Å². The second-order valence-electron chi connectivity index (χ2n) is 7.06. The molecule has 0 unspecified atom stereocenters. The minimum atomic E-state index is -4.57. The molecule has 0 saturated heterocycles. The van der Waals surface area contributed by atoms with Crippen LogP contribution in [0.1, 0.15) is 28.2 Å². The van der Waals surface area contributed by atoms with Crippen molar-refractivity contribution in [3.8, 4) is 11.1 Å². The molecular formula is C23H21F3N4O. The highest BCUT2D eigenvalue weighted by Crippen LogP contribution is 2.27. The normalized spacial score (nSPS) is 12.0. The lowest BCUT2D eigenvalue weighted by molar-refractivity contribution is -0.141. The number of aryl methyl sites for hydroxylation is 2. The van der Waals surface area contributed by atoms with Gasteiger partial charge in [0.05, 0.1) is 11.4 Å². The Morgan fingerprint density at radius 1 is 1.13 bits per heavy atom. The number of carbonyl (C=O) groups is 1. The molecule has 5 nitrogen and oxygen atoms in total. The molecule has 0 radical (unpaired) electrons. The van der Waals surface area contributed by atoms with Gasteiger partial charge in [-0.05, 0) is 66.4 Å². The van der Waals surface area contributed by atoms with E-state index in [2.05, 4.69) is 15.3 Å². The molecule has 2 heterocycles. The Labute approximate surface area is 177 Å². The van der Waals surface area contributed by atoms with E-state index in [0.717, 1.165) is 40.1 Å². The summed E-state index contributed by atoms with van der Waals surface area (Å²) in [6, 6.07) is 13.2. The average molecular weight is 426 g/mol. The van der Waals surface area contributed by atoms with Gasteiger partial charge in [0.15, 0.2) is 0 Å². The molecule has 1 aromatic carbocycles. The van der Waals surface area contributed by atoms with Gasteiger partial charge in [0.1, 0.15) is 5.69 Å². The summed E-state index contributed by atoms with van der Waals surface area (Å²) in [5.74, 6) is -0.592. The molecule has 8 heteroatoms. The van der Waals surface area contributed by atoms with E-state index in [1.54, 1.807) is 6.20 Å². The monoisotopic (exact) mass is 426 g/mol. The molecule has 2 aromatic heterocycles. The van der Waals surface area contributed by atoms with Crippen LogP contribution in [0.5, 0.6) is 0 Å². The number of nitrogens with two attached hydrogens (primary N) is 1. The molecule has 160 valence electrons. The first-order valence-corrected chi connectivity index (χ1v) is 9.45. The van der Waals surface area contributed by atoms with Gasteiger partial charge in [-0.2, -0.15) is 13.2 Å². The minimum absolute atomic E-state index is 0.0460. The van der Waals surface area contributed by atoms with Gasteiger partial charge in [-0.3, -0.25) is 9.78 Å². The van der Waals surface area contributed by atoms with Crippen LogP contribution < -0.4 is 11.1 Å². The predicted molar refractivity (Wildman–Crippen MR) is 112 cm³/mol. The summed E-state index contributed by atoms with van der Waals surface area (Å²) in [5.41, 5.74) is 9.36. The molecule has 0 aliphatic heterocycles. The number of alkyl halides is 3. The van der Waals surface area contributed by atoms with E-state index in [1.807, 2.05) is 44.2 Å². The maximum atomic E-state index is 12.8. The SMILES string of the molecule is Cc1cc(-c2ccc(CNC(=O)C(N)=Cc3cccc(C(F)(F)F)n3)cc2C)ccn1. The molecule has 0 atom stereocenters. The molecule has 31 heavy (non-hydrogen) atoms. The molecule has 0 aliphatic rings. The Kier molecular flexibility index (Phi) is 6.39. The molecule has 1 amide bonds. The molecule has 3 rings (SSSR count). The zero-order valence-corrected chi connectivity index (χ0v) is 17.0. The quantitative estimate of drug-likeness (QED) is 0.593. The third-order valence-electron chi connectivity index (χ3n) is 4.58. The molecule has 0 saturated carbocycles. The van der Waals surface area contributed by atoms with E-state index in [4.69, 9.17) is 5.73 Å². The lowest BCUT2D eigenvalue weighted by Gasteiger charge is -2.11. The van der Waals surface area contributed by atoms with Crippen LogP contribution in [0, 0.1) is 13.8 Å². The Bertz CT molecular complexity index is 1140. The summed E-state index contributed by atoms with van der Waals surface area (Å²) < 4.78 is 38.3. The van der Waals surface area contributed by atoms with Crippen LogP contribution in [0.4, 0.5) is 13.2 Å². The second-order valence-corrected chi connectivity index (χ2v) is 7.06. The summed E-state index contributed by atoms with van der Waals surface area (Å²) in [7, 11) is 0. The van der Waals surface area contributed by atoms with Crippen molar-refractivity contribution in [2.24, 2.45) is 5.73 Å². The molecule has 3 N–H and O–H groups in total. The van der Waals surface area contributed by atoms with E-state index >= 15 is 0 Å². The van der Waals surface area contributed by atoms with Gasteiger partial charge in [0.2, 0.25) is 0 Å². The number of benzene rings is 1. The molecule has 0 spiro atoms. The first-order chi connectivity index (χ1) is 14.6. The van der Waals surface area contributed by atoms with Gasteiger partial charge in [-0.15, -0.1) is 0 Å². The van der Waals surface area contributed by atoms with Gasteiger partial charge < -0.3 is 11.1 Å². The average Bonchev–Trinajstić information content (AvgIpc) is 2.71. The number of carbonyl (C=O) groups excluding carboxylic acids is 1. The lowest BCUT2D eigenvalue weighted by atomic mass is 9.98. The van der Waals surface area contributed by atoms with Crippen molar-refractivity contribution in [3.63, 3.8) is 0 Å². The fraction of sp³-hybridized carbons (Fsp3) is 0.174. The first-order valence-electron chi connectivity index (χ1n) is 9.45. The third kappa shape index (κ3) is 5.69. The number of aromatic nitrogens is 2. The second kappa shape index (κ2) is 8.99. The highest BCUT2D eigenvalue weighted by Gasteiger charge is 2.32. The van der Waals surface area contributed by atoms with Crippen molar-refractivity contribution in [3.05, 3.63) is 88.6 Å². The van der Waals surface area contributed by atoms with Crippen molar-refractivity contribution in [2.75, 3.05) is 0 Å². The van der Waals surface area contributed by atoms with Crippen LogP contribution >= 0.6 is 0 Å². The molecule has 0 fully saturated rings. The van der Waals surface area contributed by atoms with Crippen molar-refractivity contribution in [1.82, 2.24) is 15.3 Å². The minimum Gasteiger partial charge on any atom is -0.394 e. The summed E-state index contributed by atoms with van der Waals surface area (Å²) in [5, 5.41) is 2.67. The maximum Gasteiger partial charge on any atom is 0.433 e. The van der Waals surface area contributed by atoms with Crippen LogP contribution in [0.15, 0.2) is 60.4 Å². The lowest BCUT2D eigenvalue weighted by Crippen LogP contribution is -2.28. The van der Waals surface area contributed by atoms with Gasteiger partial charge in [-0.1, -0.05) is 24.3 Å². The number of hydrogen-bond acceptors (Lipinski definition) is 4. The fourth-order valence-corrected chi connectivity index (χ4v) is 3.07. The maximum absolute atomic E-state index is 12.8. The fourth-order valence-electron chi connectivity index (χ4n) is 3.07. The van der Waals surface area contributed by atoms with Crippen molar-refractivity contribution in [2.45, 2.75) is 26.6 Å². The Morgan fingerprint density at radius 3 is 2.58 bits per heavy atom. The van der Waals surface area contributed by atoms with Crippen molar-refractivity contribution < 1.29 is 18.0 Å². The van der Waals surface area contributed by atoms with Crippen LogP contribution in [0.2, 0.25) is 0 Å². The summed E-state index contributed by atoms with van der Waals surface area (Å²) >= 11 is 0. The molecule has 0 bridgehead atoms. The highest BCUT2D eigenvalue weighted by atomic mass is 19.4. The van der Waals surface area contributed by atoms with E-state index in [0.29, 0.717) is 0 Å². The van der Waals surface area contributed by atoms with Crippen LogP contribution in [0.25, 0.3) is 17.2 Å². The smallest absolute Gasteiger partial charge is 0.394 e. The summed E-state index contributed by atoms with van der Waals surface area (Å²) in [6.45, 7) is 4.12. The topological polar surface area (TPSA) is 80.9 Å². The number of rotatable bonds is 5. The third-order valence-corrected chi connectivity index (χ3v) is 4.58. The molecule has 3 aromatic rings. The number of amides is 1. The number of pyridine rings is 2. The van der Waals surface area contributed by atoms with E-state index in [1.165, 1.54) is 12.1 Å². The first kappa shape index (κ1) is 22.0. The summed E-state index contributed by atoms with van der Waals surface area (Å²) in [4.78, 5) is 19.9. The van der Waals surface area contributed by atoms with Crippen LogP contribution in [-0.2, 0) is 17.5 Å². The van der Waals surface area contributed by atoms with Crippen molar-refractivity contribution in [1.29, 1.82) is 0 Å². The number of halogens is 3. The number of hydrogen-bond donors (Lipinski definition) is 2. The van der Waals surface area contributed by atoms with Gasteiger partial charge >= 0.3 is 6.18 Å². The largest absolute Gasteiger partial charge is 0.433 e. The van der Waals surface area contributed by atoms with Gasteiger partial charge in [0.25, 0.3) is 5.91 Å². The Balaban J connectivity index is 1.68. The van der Waals surface area contributed by atoms with E-state index in [-0.39, 0.29) is 17.9 Å². The zero-order chi connectivity index (χ0) is 22.6. The van der Waals surface area contributed by atoms with E-state index < -0.39 is 17.8 Å². The number of nitrogens with zero attached hydrogens (tertiary/aromatic N) is 2. The standard InChI is InChI=1S/C23H21F3N4O/c1-14-10-16(6-7-19(14)17-8-9-28-15(2)11-17)13-29-22(31)20(27)12-18-4-3-5-21(30-18)23(24,25)26/h3-12H,13,27H2,1-2H3,(H,29,31). The number of nitrogens with one attached hydrogen (secondary N) is 1. The summed E-state index contributed by atoms with van der Waals surface area (Å²) in [6.07, 6.45) is -1.70. The van der Waals surface area contributed by atoms with Gasteiger partial charge in [0, 0.05) is 18.4 Å². The Hall–Kier alpha value is -3.68. The highest BCUT2D eigenvalue weighted by molar-refractivity contribution is 5.96. The molecule has 0 aliphatic carbocycles.